The van der Waals surface area contributed by atoms with Crippen LogP contribution in [0.25, 0.3) is 0 Å². The number of halogens is 1. The topological polar surface area (TPSA) is 66.3 Å². The Morgan fingerprint density at radius 1 is 1.62 bits per heavy atom. The Balaban J connectivity index is 2.85. The highest BCUT2D eigenvalue weighted by atomic mass is 35.5. The second-order valence-electron chi connectivity index (χ2n) is 2.99. The molecule has 6 heteroatoms. The van der Waals surface area contributed by atoms with E-state index in [1.54, 1.807) is 6.08 Å². The van der Waals surface area contributed by atoms with Crippen LogP contribution in [0.4, 0.5) is 0 Å². The molecule has 0 atom stereocenters. The maximum Gasteiger partial charge on any atom is 0.274 e. The Morgan fingerprint density at radius 2 is 2.38 bits per heavy atom. The third-order valence-electron chi connectivity index (χ3n) is 1.83. The van der Waals surface area contributed by atoms with E-state index < -0.39 is 0 Å². The first-order valence-electron chi connectivity index (χ1n) is 4.67. The SMILES string of the molecule is C=CCN(CCO)C(=O)c1cncc(Cl)n1. The van der Waals surface area contributed by atoms with Gasteiger partial charge in [0.05, 0.1) is 19.0 Å². The molecule has 0 spiro atoms. The molecule has 0 fully saturated rings. The number of carbonyl (C=O) groups excluding carboxylic acids is 1. The van der Waals surface area contributed by atoms with E-state index in [9.17, 15) is 4.79 Å². The van der Waals surface area contributed by atoms with E-state index in [0.29, 0.717) is 6.54 Å². The van der Waals surface area contributed by atoms with Gasteiger partial charge in [-0.1, -0.05) is 17.7 Å². The molecule has 0 saturated carbocycles. The van der Waals surface area contributed by atoms with E-state index in [4.69, 9.17) is 16.7 Å². The van der Waals surface area contributed by atoms with E-state index in [1.807, 2.05) is 0 Å². The number of nitrogens with zero attached hydrogens (tertiary/aromatic N) is 3. The predicted molar refractivity (Wildman–Crippen MR) is 60.2 cm³/mol. The van der Waals surface area contributed by atoms with Gasteiger partial charge in [-0.05, 0) is 0 Å². The third kappa shape index (κ3) is 3.29. The Kier molecular flexibility index (Phi) is 4.88. The van der Waals surface area contributed by atoms with Crippen molar-refractivity contribution in [2.45, 2.75) is 0 Å². The summed E-state index contributed by atoms with van der Waals surface area (Å²) in [5.41, 5.74) is 0.155. The molecule has 1 aromatic heterocycles. The van der Waals surface area contributed by atoms with E-state index in [-0.39, 0.29) is 29.9 Å². The van der Waals surface area contributed by atoms with Crippen molar-refractivity contribution in [2.75, 3.05) is 19.7 Å². The highest BCUT2D eigenvalue weighted by Crippen LogP contribution is 2.05. The normalized spacial score (nSPS) is 9.88. The fourth-order valence-electron chi connectivity index (χ4n) is 1.16. The second kappa shape index (κ2) is 6.19. The van der Waals surface area contributed by atoms with Crippen LogP contribution in [-0.2, 0) is 0 Å². The van der Waals surface area contributed by atoms with Gasteiger partial charge in [-0.2, -0.15) is 0 Å². The van der Waals surface area contributed by atoms with Crippen LogP contribution in [-0.4, -0.2) is 45.6 Å². The van der Waals surface area contributed by atoms with Crippen LogP contribution >= 0.6 is 11.6 Å². The molecule has 0 aliphatic carbocycles. The maximum atomic E-state index is 11.9. The zero-order chi connectivity index (χ0) is 12.0. The minimum Gasteiger partial charge on any atom is -0.395 e. The molecule has 0 aromatic carbocycles. The number of amides is 1. The lowest BCUT2D eigenvalue weighted by atomic mass is 10.3. The average molecular weight is 242 g/mol. The van der Waals surface area contributed by atoms with E-state index in [1.165, 1.54) is 17.3 Å². The maximum absolute atomic E-state index is 11.9. The number of carbonyl (C=O) groups is 1. The highest BCUT2D eigenvalue weighted by molar-refractivity contribution is 6.29. The number of rotatable bonds is 5. The van der Waals surface area contributed by atoms with Gasteiger partial charge in [-0.25, -0.2) is 4.98 Å². The van der Waals surface area contributed by atoms with Crippen molar-refractivity contribution < 1.29 is 9.90 Å². The molecule has 86 valence electrons. The zero-order valence-corrected chi connectivity index (χ0v) is 9.39. The molecular formula is C10H12ClN3O2. The smallest absolute Gasteiger partial charge is 0.274 e. The largest absolute Gasteiger partial charge is 0.395 e. The summed E-state index contributed by atoms with van der Waals surface area (Å²) >= 11 is 5.63. The fraction of sp³-hybridized carbons (Fsp3) is 0.300. The Hall–Kier alpha value is -1.46. The van der Waals surface area contributed by atoms with Crippen molar-refractivity contribution in [2.24, 2.45) is 0 Å². The molecule has 0 aliphatic heterocycles. The zero-order valence-electron chi connectivity index (χ0n) is 8.64. The van der Waals surface area contributed by atoms with E-state index >= 15 is 0 Å². The second-order valence-corrected chi connectivity index (χ2v) is 3.38. The van der Waals surface area contributed by atoms with Crippen LogP contribution in [0.5, 0.6) is 0 Å². The van der Waals surface area contributed by atoms with Crippen molar-refractivity contribution in [3.05, 3.63) is 35.9 Å². The molecule has 1 rings (SSSR count). The monoisotopic (exact) mass is 241 g/mol. The van der Waals surface area contributed by atoms with Gasteiger partial charge in [0.1, 0.15) is 10.8 Å². The molecule has 5 nitrogen and oxygen atoms in total. The number of hydrogen-bond donors (Lipinski definition) is 1. The quantitative estimate of drug-likeness (QED) is 0.773. The molecule has 1 N–H and O–H groups in total. The number of aromatic nitrogens is 2. The van der Waals surface area contributed by atoms with E-state index in [0.717, 1.165) is 0 Å². The molecule has 0 bridgehead atoms. The van der Waals surface area contributed by atoms with Crippen LogP contribution < -0.4 is 0 Å². The fourth-order valence-corrected chi connectivity index (χ4v) is 1.31. The Bertz CT molecular complexity index is 384. The van der Waals surface area contributed by atoms with Crippen molar-refractivity contribution >= 4 is 17.5 Å². The first-order valence-corrected chi connectivity index (χ1v) is 5.05. The Labute approximate surface area is 98.4 Å². The van der Waals surface area contributed by atoms with Crippen LogP contribution in [0, 0.1) is 0 Å². The minimum atomic E-state index is -0.330. The molecule has 0 unspecified atom stereocenters. The Morgan fingerprint density at radius 3 is 2.94 bits per heavy atom. The van der Waals surface area contributed by atoms with Gasteiger partial charge in [0.15, 0.2) is 0 Å². The summed E-state index contributed by atoms with van der Waals surface area (Å²) in [5, 5.41) is 8.98. The van der Waals surface area contributed by atoms with Crippen molar-refractivity contribution in [1.82, 2.24) is 14.9 Å². The summed E-state index contributed by atoms with van der Waals surface area (Å²) in [7, 11) is 0. The van der Waals surface area contributed by atoms with Crippen molar-refractivity contribution in [3.63, 3.8) is 0 Å². The van der Waals surface area contributed by atoms with Crippen LogP contribution in [0.3, 0.4) is 0 Å². The molecule has 0 aliphatic rings. The third-order valence-corrected chi connectivity index (χ3v) is 2.01. The van der Waals surface area contributed by atoms with Crippen LogP contribution in [0.1, 0.15) is 10.5 Å². The number of aliphatic hydroxyl groups is 1. The lowest BCUT2D eigenvalue weighted by Gasteiger charge is -2.19. The van der Waals surface area contributed by atoms with Gasteiger partial charge in [0.25, 0.3) is 5.91 Å². The molecule has 0 saturated heterocycles. The lowest BCUT2D eigenvalue weighted by Crippen LogP contribution is -2.34. The predicted octanol–water partition coefficient (Wildman–Crippen LogP) is 0.750. The molecule has 0 radical (unpaired) electrons. The molecular weight excluding hydrogens is 230 g/mol. The summed E-state index contributed by atoms with van der Waals surface area (Å²) in [6.07, 6.45) is 4.26. The average Bonchev–Trinajstić information content (AvgIpc) is 2.28. The summed E-state index contributed by atoms with van der Waals surface area (Å²) in [4.78, 5) is 20.9. The molecule has 1 aromatic rings. The highest BCUT2D eigenvalue weighted by Gasteiger charge is 2.15. The molecule has 1 amide bonds. The van der Waals surface area contributed by atoms with Gasteiger partial charge in [0, 0.05) is 13.1 Å². The summed E-state index contributed by atoms with van der Waals surface area (Å²) in [5.74, 6) is -0.330. The lowest BCUT2D eigenvalue weighted by molar-refractivity contribution is 0.0736. The van der Waals surface area contributed by atoms with Crippen molar-refractivity contribution in [3.8, 4) is 0 Å². The van der Waals surface area contributed by atoms with Gasteiger partial charge < -0.3 is 10.0 Å². The first-order chi connectivity index (χ1) is 7.69. The van der Waals surface area contributed by atoms with Crippen LogP contribution in [0.2, 0.25) is 5.15 Å². The summed E-state index contributed by atoms with van der Waals surface area (Å²) < 4.78 is 0. The first kappa shape index (κ1) is 12.6. The number of hydrogen-bond acceptors (Lipinski definition) is 4. The summed E-state index contributed by atoms with van der Waals surface area (Å²) in [6, 6.07) is 0. The minimum absolute atomic E-state index is 0.117. The van der Waals surface area contributed by atoms with Crippen LogP contribution in [0.15, 0.2) is 25.0 Å². The standard InChI is InChI=1S/C10H12ClN3O2/c1-2-3-14(4-5-15)10(16)8-6-12-7-9(11)13-8/h2,6-7,15H,1,3-5H2. The van der Waals surface area contributed by atoms with E-state index in [2.05, 4.69) is 16.5 Å². The van der Waals surface area contributed by atoms with Gasteiger partial charge in [-0.15, -0.1) is 6.58 Å². The molecule has 1 heterocycles. The number of aliphatic hydroxyl groups excluding tert-OH is 1. The molecule has 16 heavy (non-hydrogen) atoms. The van der Waals surface area contributed by atoms with Gasteiger partial charge in [0.2, 0.25) is 0 Å². The summed E-state index contributed by atoms with van der Waals surface area (Å²) in [6.45, 7) is 3.98. The van der Waals surface area contributed by atoms with Gasteiger partial charge >= 0.3 is 0 Å². The van der Waals surface area contributed by atoms with Gasteiger partial charge in [-0.3, -0.25) is 9.78 Å². The van der Waals surface area contributed by atoms with Crippen molar-refractivity contribution in [1.29, 1.82) is 0 Å².